The molecule has 7 heteroatoms. The smallest absolute Gasteiger partial charge is 0.225 e. The number of halogens is 3. The van der Waals surface area contributed by atoms with E-state index in [9.17, 15) is 4.79 Å². The lowest BCUT2D eigenvalue weighted by Crippen LogP contribution is -2.61. The molecule has 0 aromatic heterocycles. The van der Waals surface area contributed by atoms with E-state index in [0.717, 1.165) is 5.56 Å². The van der Waals surface area contributed by atoms with Crippen LogP contribution in [0.2, 0.25) is 0 Å². The van der Waals surface area contributed by atoms with Crippen LogP contribution in [0.5, 0.6) is 0 Å². The molecule has 23 heavy (non-hydrogen) atoms. The third-order valence-electron chi connectivity index (χ3n) is 3.63. The topological polar surface area (TPSA) is 41.6 Å². The van der Waals surface area contributed by atoms with Gasteiger partial charge in [-0.15, -0.1) is 0 Å². The van der Waals surface area contributed by atoms with Crippen LogP contribution in [0.3, 0.4) is 0 Å². The van der Waals surface area contributed by atoms with Gasteiger partial charge in [0, 0.05) is 13.1 Å². The second-order valence-corrected chi connectivity index (χ2v) is 8.25. The summed E-state index contributed by atoms with van der Waals surface area (Å²) in [5, 5.41) is 2.85. The molecule has 1 aromatic carbocycles. The predicted octanol–water partition coefficient (Wildman–Crippen LogP) is 3.15. The van der Waals surface area contributed by atoms with Crippen molar-refractivity contribution in [2.24, 2.45) is 0 Å². The van der Waals surface area contributed by atoms with Gasteiger partial charge in [0.2, 0.25) is 9.70 Å². The largest absolute Gasteiger partial charge is 0.373 e. The lowest BCUT2D eigenvalue weighted by Gasteiger charge is -2.42. The van der Waals surface area contributed by atoms with Gasteiger partial charge in [-0.3, -0.25) is 9.69 Å². The van der Waals surface area contributed by atoms with Gasteiger partial charge < -0.3 is 10.1 Å². The van der Waals surface area contributed by atoms with E-state index in [1.54, 1.807) is 0 Å². The van der Waals surface area contributed by atoms with Gasteiger partial charge in [0.15, 0.2) is 0 Å². The predicted molar refractivity (Wildman–Crippen MR) is 93.9 cm³/mol. The molecule has 0 spiro atoms. The molecule has 0 aliphatic carbocycles. The van der Waals surface area contributed by atoms with Crippen molar-refractivity contribution in [1.29, 1.82) is 0 Å². The molecular weight excluding hydrogens is 359 g/mol. The number of amides is 1. The highest BCUT2D eigenvalue weighted by atomic mass is 35.6. The number of hydrogen-bond donors (Lipinski definition) is 1. The fourth-order valence-corrected chi connectivity index (χ4v) is 3.37. The summed E-state index contributed by atoms with van der Waals surface area (Å²) in [6.45, 7) is 5.11. The number of carbonyl (C=O) groups excluding carboxylic acids is 1. The maximum Gasteiger partial charge on any atom is 0.225 e. The summed E-state index contributed by atoms with van der Waals surface area (Å²) in [5.74, 6) is -0.181. The fourth-order valence-electron chi connectivity index (χ4n) is 2.79. The summed E-state index contributed by atoms with van der Waals surface area (Å²) >= 11 is 18.3. The molecule has 1 N–H and O–H groups in total. The molecule has 0 unspecified atom stereocenters. The van der Waals surface area contributed by atoms with Crippen molar-refractivity contribution in [3.05, 3.63) is 35.9 Å². The Morgan fingerprint density at radius 1 is 1.26 bits per heavy atom. The molecule has 1 amide bonds. The Labute approximate surface area is 152 Å². The van der Waals surface area contributed by atoms with Crippen LogP contribution in [0.25, 0.3) is 0 Å². The van der Waals surface area contributed by atoms with Crippen molar-refractivity contribution in [1.82, 2.24) is 10.2 Å². The molecule has 1 aromatic rings. The molecule has 1 aliphatic heterocycles. The van der Waals surface area contributed by atoms with Gasteiger partial charge in [-0.25, -0.2) is 0 Å². The number of nitrogens with zero attached hydrogens (tertiary/aromatic N) is 1. The number of benzene rings is 1. The monoisotopic (exact) mass is 378 g/mol. The molecular formula is C16H21Cl3N2O2. The normalized spacial score (nSPS) is 24.2. The minimum absolute atomic E-state index is 0.0135. The van der Waals surface area contributed by atoms with Crippen LogP contribution < -0.4 is 5.32 Å². The zero-order chi connectivity index (χ0) is 17.0. The summed E-state index contributed by atoms with van der Waals surface area (Å²) in [4.78, 5) is 14.3. The summed E-state index contributed by atoms with van der Waals surface area (Å²) < 4.78 is 4.07. The van der Waals surface area contributed by atoms with Gasteiger partial charge >= 0.3 is 0 Å². The quantitative estimate of drug-likeness (QED) is 0.817. The van der Waals surface area contributed by atoms with E-state index in [0.29, 0.717) is 13.1 Å². The highest BCUT2D eigenvalue weighted by molar-refractivity contribution is 6.68. The number of morpholine rings is 1. The van der Waals surface area contributed by atoms with Crippen LogP contribution in [-0.4, -0.2) is 46.1 Å². The van der Waals surface area contributed by atoms with Crippen LogP contribution in [0, 0.1) is 0 Å². The highest BCUT2D eigenvalue weighted by Gasteiger charge is 2.41. The Kier molecular flexibility index (Phi) is 6.57. The van der Waals surface area contributed by atoms with Crippen LogP contribution in [0.1, 0.15) is 19.4 Å². The Morgan fingerprint density at radius 2 is 1.83 bits per heavy atom. The summed E-state index contributed by atoms with van der Waals surface area (Å²) in [6.07, 6.45) is -0.426. The molecule has 2 rings (SSSR count). The van der Waals surface area contributed by atoms with Gasteiger partial charge in [0.05, 0.1) is 18.6 Å². The fraction of sp³-hybridized carbons (Fsp3) is 0.562. The van der Waals surface area contributed by atoms with E-state index in [1.165, 1.54) is 0 Å². The molecule has 0 radical (unpaired) electrons. The first kappa shape index (κ1) is 18.8. The first-order valence-corrected chi connectivity index (χ1v) is 8.68. The third kappa shape index (κ3) is 5.80. The Hall–Kier alpha value is -0.520. The number of nitrogens with one attached hydrogen (secondary N) is 1. The average molecular weight is 380 g/mol. The van der Waals surface area contributed by atoms with Crippen molar-refractivity contribution in [3.63, 3.8) is 0 Å². The lowest BCUT2D eigenvalue weighted by atomic mass is 10.1. The van der Waals surface area contributed by atoms with Crippen molar-refractivity contribution < 1.29 is 9.53 Å². The summed E-state index contributed by atoms with van der Waals surface area (Å²) in [6, 6.07) is 9.47. The maximum atomic E-state index is 12.3. The third-order valence-corrected chi connectivity index (χ3v) is 4.25. The molecule has 1 aliphatic rings. The van der Waals surface area contributed by atoms with Crippen molar-refractivity contribution in [2.45, 2.75) is 42.4 Å². The van der Waals surface area contributed by atoms with E-state index in [-0.39, 0.29) is 24.5 Å². The van der Waals surface area contributed by atoms with Crippen LogP contribution in [0.4, 0.5) is 0 Å². The SMILES string of the molecule is C[C@H]1CN([C@H](NC(=O)Cc2ccccc2)C(Cl)(Cl)Cl)C[C@H](C)O1. The molecule has 128 valence electrons. The first-order valence-electron chi connectivity index (χ1n) is 7.55. The van der Waals surface area contributed by atoms with Gasteiger partial charge in [0.1, 0.15) is 6.17 Å². The molecule has 3 atom stereocenters. The highest BCUT2D eigenvalue weighted by Crippen LogP contribution is 2.33. The van der Waals surface area contributed by atoms with Crippen LogP contribution in [0.15, 0.2) is 30.3 Å². The number of rotatable bonds is 4. The molecule has 1 saturated heterocycles. The maximum absolute atomic E-state index is 12.3. The van der Waals surface area contributed by atoms with Gasteiger partial charge in [-0.05, 0) is 19.4 Å². The zero-order valence-corrected chi connectivity index (χ0v) is 15.4. The molecule has 1 fully saturated rings. The number of ether oxygens (including phenoxy) is 1. The van der Waals surface area contributed by atoms with E-state index in [4.69, 9.17) is 39.5 Å². The van der Waals surface area contributed by atoms with E-state index in [2.05, 4.69) is 5.32 Å². The van der Waals surface area contributed by atoms with Gasteiger partial charge in [-0.1, -0.05) is 65.1 Å². The average Bonchev–Trinajstić information content (AvgIpc) is 2.43. The number of hydrogen-bond acceptors (Lipinski definition) is 3. The number of carbonyl (C=O) groups is 1. The van der Waals surface area contributed by atoms with Crippen LogP contribution in [-0.2, 0) is 16.0 Å². The number of alkyl halides is 3. The van der Waals surface area contributed by atoms with Crippen molar-refractivity contribution in [2.75, 3.05) is 13.1 Å². The molecule has 4 nitrogen and oxygen atoms in total. The standard InChI is InChI=1S/C16H21Cl3N2O2/c1-11-9-21(10-12(2)23-11)15(16(17,18)19)20-14(22)8-13-6-4-3-5-7-13/h3-7,11-12,15H,8-10H2,1-2H3,(H,20,22)/t11-,12-,15-/m0/s1. The van der Waals surface area contributed by atoms with Crippen LogP contribution >= 0.6 is 34.8 Å². The summed E-state index contributed by atoms with van der Waals surface area (Å²) in [7, 11) is 0. The second-order valence-electron chi connectivity index (χ2n) is 5.89. The van der Waals surface area contributed by atoms with Crippen molar-refractivity contribution in [3.8, 4) is 0 Å². The molecule has 0 saturated carbocycles. The van der Waals surface area contributed by atoms with Crippen molar-refractivity contribution >= 4 is 40.7 Å². The first-order chi connectivity index (χ1) is 10.8. The Balaban J connectivity index is 2.05. The van der Waals surface area contributed by atoms with E-state index in [1.807, 2.05) is 49.1 Å². The zero-order valence-electron chi connectivity index (χ0n) is 13.1. The Morgan fingerprint density at radius 3 is 2.35 bits per heavy atom. The van der Waals surface area contributed by atoms with E-state index < -0.39 is 9.96 Å². The van der Waals surface area contributed by atoms with Gasteiger partial charge in [-0.2, -0.15) is 0 Å². The Bertz CT molecular complexity index is 512. The molecule has 0 bridgehead atoms. The minimum Gasteiger partial charge on any atom is -0.373 e. The summed E-state index contributed by atoms with van der Waals surface area (Å²) in [5.41, 5.74) is 0.914. The minimum atomic E-state index is -1.62. The second kappa shape index (κ2) is 8.04. The lowest BCUT2D eigenvalue weighted by molar-refractivity contribution is -0.125. The molecule has 1 heterocycles. The van der Waals surface area contributed by atoms with E-state index >= 15 is 0 Å². The van der Waals surface area contributed by atoms with Gasteiger partial charge in [0.25, 0.3) is 0 Å².